The van der Waals surface area contributed by atoms with E-state index in [1.807, 2.05) is 0 Å². The Labute approximate surface area is 27.5 Å². The smallest absolute Gasteiger partial charge is 0.115 e. The second-order valence-corrected chi connectivity index (χ2v) is 0.252. The van der Waals surface area contributed by atoms with E-state index in [0.29, 0.717) is 0 Å². The van der Waals surface area contributed by atoms with Crippen molar-refractivity contribution in [1.29, 1.82) is 0 Å². The molecule has 0 rings (SSSR count). The molecule has 0 aromatic carbocycles. The Morgan fingerprint density at radius 1 is 1.00 bits per heavy atom. The van der Waals surface area contributed by atoms with E-state index >= 15 is 0 Å². The van der Waals surface area contributed by atoms with Crippen molar-refractivity contribution < 1.29 is 13.5 Å². The number of hydrogen-bond acceptors (Lipinski definition) is 0. The largest absolute Gasteiger partial charge is 0.269 e. The van der Waals surface area contributed by atoms with Crippen LogP contribution in [0.2, 0.25) is 0 Å². The Morgan fingerprint density at radius 3 is 1.20 bits per heavy atom. The van der Waals surface area contributed by atoms with Crippen LogP contribution < -0.4 is 0 Å². The summed E-state index contributed by atoms with van der Waals surface area (Å²) in [6, 6.07) is 0. The van der Waals surface area contributed by atoms with Crippen LogP contribution in [0.15, 0.2) is 12.7 Å². The first-order valence-corrected chi connectivity index (χ1v) is 0.770. The summed E-state index contributed by atoms with van der Waals surface area (Å²) in [6.45, 7) is 0. The van der Waals surface area contributed by atoms with E-state index in [9.17, 15) is 8.78 Å². The van der Waals surface area contributed by atoms with Crippen LogP contribution in [0.4, 0.5) is 13.5 Å². The van der Waals surface area contributed by atoms with Crippen LogP contribution in [0.1, 0.15) is 0 Å². The van der Waals surface area contributed by atoms with Gasteiger partial charge in [-0.25, -0.2) is 8.78 Å². The van der Waals surface area contributed by atoms with Gasteiger partial charge in [-0.05, 0) is 0 Å². The van der Waals surface area contributed by atoms with E-state index in [0.717, 1.165) is 0 Å². The molecule has 0 saturated carbocycles. The van der Waals surface area contributed by atoms with Crippen LogP contribution in [-0.4, -0.2) is 0 Å². The Bertz CT molecular complexity index is 20.1. The van der Waals surface area contributed by atoms with Gasteiger partial charge in [0.15, 0.2) is 0 Å². The highest BCUT2D eigenvalue weighted by Crippen LogP contribution is 1.67. The fourth-order valence-corrected chi connectivity index (χ4v) is 0. The summed E-state index contributed by atoms with van der Waals surface area (Å²) in [7, 11) is 0. The van der Waals surface area contributed by atoms with E-state index in [4.69, 9.17) is 0 Å². The van der Waals surface area contributed by atoms with Crippen LogP contribution in [0, 0.1) is 0 Å². The maximum Gasteiger partial charge on any atom is 0.115 e. The summed E-state index contributed by atoms with van der Waals surface area (Å²) in [5, 5.41) is 0. The molecular formula is C2H3F3. The summed E-state index contributed by atoms with van der Waals surface area (Å²) in [5.74, 6) is 0. The van der Waals surface area contributed by atoms with Gasteiger partial charge in [-0.2, -0.15) is 0 Å². The first kappa shape index (κ1) is 8.82. The summed E-state index contributed by atoms with van der Waals surface area (Å²) in [5.41, 5.74) is 0. The van der Waals surface area contributed by atoms with Gasteiger partial charge in [0, 0.05) is 0 Å². The van der Waals surface area contributed by atoms with Gasteiger partial charge < -0.3 is 0 Å². The zero-order chi connectivity index (χ0) is 3.41. The lowest BCUT2D eigenvalue weighted by Crippen LogP contribution is -1.18. The SMILES string of the molecule is F.FC=CF. The molecule has 0 unspecified atom stereocenters. The molecule has 0 N–H and O–H groups in total. The summed E-state index contributed by atoms with van der Waals surface area (Å²) >= 11 is 0. The summed E-state index contributed by atoms with van der Waals surface area (Å²) < 4.78 is 20.3. The zero-order valence-corrected chi connectivity index (χ0v) is 2.32. The van der Waals surface area contributed by atoms with Gasteiger partial charge in [-0.15, -0.1) is 0 Å². The molecule has 3 heteroatoms. The lowest BCUT2D eigenvalue weighted by atomic mass is 11.2. The Morgan fingerprint density at radius 2 is 1.20 bits per heavy atom. The normalized spacial score (nSPS) is 7.60. The Kier molecular flexibility index (Phi) is 17.0. The first-order chi connectivity index (χ1) is 1.91. The van der Waals surface area contributed by atoms with Gasteiger partial charge in [-0.3, -0.25) is 4.70 Å². The van der Waals surface area contributed by atoms with Crippen LogP contribution in [0.25, 0.3) is 0 Å². The monoisotopic (exact) mass is 84.0 g/mol. The highest BCUT2D eigenvalue weighted by Gasteiger charge is 1.43. The molecule has 32 valence electrons. The van der Waals surface area contributed by atoms with E-state index < -0.39 is 0 Å². The fraction of sp³-hybridized carbons (Fsp3) is 0. The molecule has 0 aliphatic carbocycles. The first-order valence-electron chi connectivity index (χ1n) is 0.770. The molecule has 0 heterocycles. The zero-order valence-electron chi connectivity index (χ0n) is 2.32. The minimum Gasteiger partial charge on any atom is -0.269 e. The van der Waals surface area contributed by atoms with Gasteiger partial charge in [0.2, 0.25) is 0 Å². The van der Waals surface area contributed by atoms with Crippen molar-refractivity contribution in [3.63, 3.8) is 0 Å². The third kappa shape index (κ3) is 29.4. The average Bonchev–Trinajstić information content (AvgIpc) is 1.37. The molecule has 0 bridgehead atoms. The minimum absolute atomic E-state index is 0. The quantitative estimate of drug-likeness (QED) is 0.417. The Hall–Kier alpha value is -0.470. The van der Waals surface area contributed by atoms with Crippen LogP contribution >= 0.6 is 0 Å². The number of hydrogen-bond donors (Lipinski definition) is 0. The van der Waals surface area contributed by atoms with Gasteiger partial charge >= 0.3 is 0 Å². The van der Waals surface area contributed by atoms with Gasteiger partial charge in [0.05, 0.1) is 0 Å². The molecule has 0 aliphatic rings. The van der Waals surface area contributed by atoms with Crippen LogP contribution in [0.3, 0.4) is 0 Å². The molecule has 0 amide bonds. The topological polar surface area (TPSA) is 0 Å². The van der Waals surface area contributed by atoms with Crippen molar-refractivity contribution in [2.45, 2.75) is 0 Å². The van der Waals surface area contributed by atoms with Crippen molar-refractivity contribution in [3.05, 3.63) is 12.7 Å². The number of rotatable bonds is 0. The predicted molar refractivity (Wildman–Crippen MR) is 13.9 cm³/mol. The van der Waals surface area contributed by atoms with Gasteiger partial charge in [0.25, 0.3) is 0 Å². The third-order valence-electron chi connectivity index (χ3n) is 0.0476. The molecule has 0 aliphatic heterocycles. The van der Waals surface area contributed by atoms with E-state index in [1.54, 1.807) is 0 Å². The molecule has 0 atom stereocenters. The molecule has 0 aromatic rings. The lowest BCUT2D eigenvalue weighted by molar-refractivity contribution is 0.645. The fourth-order valence-electron chi connectivity index (χ4n) is 0. The van der Waals surface area contributed by atoms with Crippen molar-refractivity contribution in [3.8, 4) is 0 Å². The van der Waals surface area contributed by atoms with Gasteiger partial charge in [-0.1, -0.05) is 0 Å². The molecule has 5 heavy (non-hydrogen) atoms. The molecule has 0 spiro atoms. The maximum absolute atomic E-state index is 10.2. The van der Waals surface area contributed by atoms with Crippen molar-refractivity contribution >= 4 is 0 Å². The second kappa shape index (κ2) is 9.65. The standard InChI is InChI=1S/C2H2F2.FH/c3-1-2-4;/h1-2H;1H. The highest BCUT2D eigenvalue weighted by molar-refractivity contribution is 4.51. The maximum atomic E-state index is 10.2. The predicted octanol–water partition coefficient (Wildman–Crippen LogP) is 1.55. The molecule has 0 nitrogen and oxygen atoms in total. The van der Waals surface area contributed by atoms with Crippen molar-refractivity contribution in [2.24, 2.45) is 0 Å². The van der Waals surface area contributed by atoms with Crippen molar-refractivity contribution in [1.82, 2.24) is 0 Å². The summed E-state index contributed by atoms with van der Waals surface area (Å²) in [6.07, 6.45) is -0.333. The van der Waals surface area contributed by atoms with E-state index in [1.165, 1.54) is 0 Å². The summed E-state index contributed by atoms with van der Waals surface area (Å²) in [4.78, 5) is 0. The van der Waals surface area contributed by atoms with Gasteiger partial charge in [0.1, 0.15) is 12.7 Å². The van der Waals surface area contributed by atoms with E-state index in [-0.39, 0.29) is 17.4 Å². The molecule has 0 radical (unpaired) electrons. The van der Waals surface area contributed by atoms with Crippen LogP contribution in [0.5, 0.6) is 0 Å². The molecule has 0 aromatic heterocycles. The average molecular weight is 84.0 g/mol. The third-order valence-corrected chi connectivity index (χ3v) is 0.0476. The van der Waals surface area contributed by atoms with E-state index in [2.05, 4.69) is 0 Å². The van der Waals surface area contributed by atoms with Crippen molar-refractivity contribution in [2.75, 3.05) is 0 Å². The molecule has 0 fully saturated rings. The highest BCUT2D eigenvalue weighted by atomic mass is 19.2. The lowest BCUT2D eigenvalue weighted by Gasteiger charge is -1.42. The Balaban J connectivity index is 0. The molecule has 0 saturated heterocycles. The second-order valence-electron chi connectivity index (χ2n) is 0.252. The minimum atomic E-state index is -0.167. The van der Waals surface area contributed by atoms with Crippen LogP contribution in [-0.2, 0) is 0 Å². The molecular weight excluding hydrogens is 81.0 g/mol. The number of halogens is 3.